The van der Waals surface area contributed by atoms with Crippen LogP contribution < -0.4 is 4.74 Å². The Balaban J connectivity index is 1.72. The standard InChI is InChI=1S/C20H26N2O5/c1-13-4-5-17(27-3)15(10-13)18(24)21-8-6-20(7-9-21)11-16(19(25)26)22(12-20)14(2)23/h4-5,10,16H,6-9,11-12H2,1-3H3,(H,25,26). The Hall–Kier alpha value is -2.57. The lowest BCUT2D eigenvalue weighted by atomic mass is 9.76. The van der Waals surface area contributed by atoms with Gasteiger partial charge in [-0.25, -0.2) is 4.79 Å². The van der Waals surface area contributed by atoms with E-state index in [-0.39, 0.29) is 17.2 Å². The number of benzene rings is 1. The smallest absolute Gasteiger partial charge is 0.326 e. The number of rotatable bonds is 3. The van der Waals surface area contributed by atoms with E-state index in [4.69, 9.17) is 4.74 Å². The number of carboxylic acid groups (broad SMARTS) is 1. The molecule has 0 aliphatic carbocycles. The van der Waals surface area contributed by atoms with Crippen LogP contribution in [0.4, 0.5) is 0 Å². The van der Waals surface area contributed by atoms with Crippen molar-refractivity contribution in [3.05, 3.63) is 29.3 Å². The van der Waals surface area contributed by atoms with Crippen LogP contribution in [0.25, 0.3) is 0 Å². The van der Waals surface area contributed by atoms with Crippen molar-refractivity contribution >= 4 is 17.8 Å². The van der Waals surface area contributed by atoms with E-state index < -0.39 is 12.0 Å². The Labute approximate surface area is 158 Å². The van der Waals surface area contributed by atoms with Crippen molar-refractivity contribution in [1.82, 2.24) is 9.80 Å². The Morgan fingerprint density at radius 1 is 1.22 bits per heavy atom. The summed E-state index contributed by atoms with van der Waals surface area (Å²) in [6, 6.07) is 4.77. The van der Waals surface area contributed by atoms with Crippen LogP contribution in [-0.2, 0) is 9.59 Å². The van der Waals surface area contributed by atoms with E-state index in [2.05, 4.69) is 0 Å². The van der Waals surface area contributed by atoms with E-state index in [1.54, 1.807) is 18.1 Å². The molecule has 146 valence electrons. The lowest BCUT2D eigenvalue weighted by Crippen LogP contribution is -2.44. The first kappa shape index (κ1) is 19.2. The van der Waals surface area contributed by atoms with Gasteiger partial charge in [0, 0.05) is 26.6 Å². The average molecular weight is 374 g/mol. The molecule has 0 aromatic heterocycles. The zero-order valence-corrected chi connectivity index (χ0v) is 16.0. The van der Waals surface area contributed by atoms with Crippen LogP contribution in [0.15, 0.2) is 18.2 Å². The van der Waals surface area contributed by atoms with E-state index in [9.17, 15) is 19.5 Å². The van der Waals surface area contributed by atoms with E-state index >= 15 is 0 Å². The van der Waals surface area contributed by atoms with E-state index in [1.807, 2.05) is 19.1 Å². The molecule has 1 aromatic rings. The number of carbonyl (C=O) groups is 3. The summed E-state index contributed by atoms with van der Waals surface area (Å²) in [7, 11) is 1.55. The number of amides is 2. The summed E-state index contributed by atoms with van der Waals surface area (Å²) in [5, 5.41) is 9.45. The summed E-state index contributed by atoms with van der Waals surface area (Å²) >= 11 is 0. The van der Waals surface area contributed by atoms with Crippen molar-refractivity contribution in [3.63, 3.8) is 0 Å². The van der Waals surface area contributed by atoms with Crippen LogP contribution in [0.1, 0.15) is 42.1 Å². The number of carbonyl (C=O) groups excluding carboxylic acids is 2. The first-order chi connectivity index (χ1) is 12.8. The molecule has 0 radical (unpaired) electrons. The van der Waals surface area contributed by atoms with Crippen molar-refractivity contribution < 1.29 is 24.2 Å². The zero-order valence-electron chi connectivity index (χ0n) is 16.0. The van der Waals surface area contributed by atoms with Crippen LogP contribution in [-0.4, -0.2) is 65.5 Å². The van der Waals surface area contributed by atoms with Gasteiger partial charge in [-0.05, 0) is 43.7 Å². The minimum Gasteiger partial charge on any atom is -0.496 e. The quantitative estimate of drug-likeness (QED) is 0.874. The largest absolute Gasteiger partial charge is 0.496 e. The normalized spacial score (nSPS) is 21.4. The van der Waals surface area contributed by atoms with Gasteiger partial charge in [0.1, 0.15) is 11.8 Å². The Morgan fingerprint density at radius 3 is 2.41 bits per heavy atom. The molecule has 7 nitrogen and oxygen atoms in total. The van der Waals surface area contributed by atoms with Crippen LogP contribution in [0.2, 0.25) is 0 Å². The third-order valence-corrected chi connectivity index (χ3v) is 5.89. The average Bonchev–Trinajstić information content (AvgIpc) is 3.02. The number of methoxy groups -OCH3 is 1. The molecule has 2 saturated heterocycles. The number of likely N-dealkylation sites (tertiary alicyclic amines) is 2. The first-order valence-corrected chi connectivity index (χ1v) is 9.20. The summed E-state index contributed by atoms with van der Waals surface area (Å²) in [5.41, 5.74) is 1.32. The number of hydrogen-bond acceptors (Lipinski definition) is 4. The molecule has 1 spiro atoms. The lowest BCUT2D eigenvalue weighted by molar-refractivity contribution is -0.147. The molecule has 1 N–H and O–H groups in total. The number of carboxylic acids is 1. The molecule has 2 fully saturated rings. The molecular weight excluding hydrogens is 348 g/mol. The number of piperidine rings is 1. The van der Waals surface area contributed by atoms with E-state index in [1.165, 1.54) is 11.8 Å². The molecule has 1 unspecified atom stereocenters. The van der Waals surface area contributed by atoms with Gasteiger partial charge in [-0.15, -0.1) is 0 Å². The third kappa shape index (κ3) is 3.63. The van der Waals surface area contributed by atoms with Crippen molar-refractivity contribution in [2.75, 3.05) is 26.7 Å². The van der Waals surface area contributed by atoms with Gasteiger partial charge in [-0.1, -0.05) is 11.6 Å². The summed E-state index contributed by atoms with van der Waals surface area (Å²) < 4.78 is 5.33. The number of nitrogens with zero attached hydrogens (tertiary/aromatic N) is 2. The van der Waals surface area contributed by atoms with Gasteiger partial charge >= 0.3 is 5.97 Å². The highest BCUT2D eigenvalue weighted by Crippen LogP contribution is 2.43. The van der Waals surface area contributed by atoms with E-state index in [0.717, 1.165) is 5.56 Å². The SMILES string of the molecule is COc1ccc(C)cc1C(=O)N1CCC2(CC1)CC(C(=O)O)N(C(C)=O)C2. The number of aliphatic carboxylic acids is 1. The van der Waals surface area contributed by atoms with Crippen molar-refractivity contribution in [2.45, 2.75) is 39.2 Å². The van der Waals surface area contributed by atoms with Gasteiger partial charge in [-0.3, -0.25) is 9.59 Å². The van der Waals surface area contributed by atoms with Gasteiger partial charge in [0.25, 0.3) is 5.91 Å². The maximum absolute atomic E-state index is 13.0. The number of ether oxygens (including phenoxy) is 1. The number of hydrogen-bond donors (Lipinski definition) is 1. The van der Waals surface area contributed by atoms with Gasteiger partial charge in [0.05, 0.1) is 12.7 Å². The van der Waals surface area contributed by atoms with Crippen molar-refractivity contribution in [1.29, 1.82) is 0 Å². The maximum atomic E-state index is 13.0. The highest BCUT2D eigenvalue weighted by molar-refractivity contribution is 5.97. The number of aryl methyl sites for hydroxylation is 1. The van der Waals surface area contributed by atoms with Gasteiger partial charge < -0.3 is 19.6 Å². The predicted octanol–water partition coefficient (Wildman–Crippen LogP) is 1.93. The van der Waals surface area contributed by atoms with Crippen LogP contribution >= 0.6 is 0 Å². The molecule has 2 heterocycles. The molecule has 3 rings (SSSR count). The summed E-state index contributed by atoms with van der Waals surface area (Å²) in [6.45, 7) is 4.90. The molecule has 7 heteroatoms. The molecule has 0 bridgehead atoms. The molecule has 2 aliphatic heterocycles. The van der Waals surface area contributed by atoms with Crippen LogP contribution in [0.5, 0.6) is 5.75 Å². The second kappa shape index (κ2) is 7.21. The second-order valence-electron chi connectivity index (χ2n) is 7.70. The van der Waals surface area contributed by atoms with Gasteiger partial charge in [0.2, 0.25) is 5.91 Å². The van der Waals surface area contributed by atoms with Crippen molar-refractivity contribution in [2.24, 2.45) is 5.41 Å². The monoisotopic (exact) mass is 374 g/mol. The Morgan fingerprint density at radius 2 is 1.89 bits per heavy atom. The topological polar surface area (TPSA) is 87.2 Å². The minimum absolute atomic E-state index is 0.0680. The highest BCUT2D eigenvalue weighted by atomic mass is 16.5. The fraction of sp³-hybridized carbons (Fsp3) is 0.550. The summed E-state index contributed by atoms with van der Waals surface area (Å²) in [5.74, 6) is -0.672. The third-order valence-electron chi connectivity index (χ3n) is 5.89. The molecule has 2 amide bonds. The highest BCUT2D eigenvalue weighted by Gasteiger charge is 2.49. The molecule has 27 heavy (non-hydrogen) atoms. The first-order valence-electron chi connectivity index (χ1n) is 9.20. The zero-order chi connectivity index (χ0) is 19.8. The fourth-order valence-corrected chi connectivity index (χ4v) is 4.31. The molecule has 2 aliphatic rings. The van der Waals surface area contributed by atoms with Crippen LogP contribution in [0, 0.1) is 12.3 Å². The molecule has 1 aromatic carbocycles. The summed E-state index contributed by atoms with van der Waals surface area (Å²) in [4.78, 5) is 39.6. The molecule has 1 atom stereocenters. The lowest BCUT2D eigenvalue weighted by Gasteiger charge is -2.39. The van der Waals surface area contributed by atoms with Crippen molar-refractivity contribution in [3.8, 4) is 5.75 Å². The predicted molar refractivity (Wildman–Crippen MR) is 98.7 cm³/mol. The second-order valence-corrected chi connectivity index (χ2v) is 7.70. The Kier molecular flexibility index (Phi) is 5.13. The van der Waals surface area contributed by atoms with Gasteiger partial charge in [-0.2, -0.15) is 0 Å². The Bertz CT molecular complexity index is 744. The molecular formula is C20H26N2O5. The van der Waals surface area contributed by atoms with E-state index in [0.29, 0.717) is 50.2 Å². The van der Waals surface area contributed by atoms with Gasteiger partial charge in [0.15, 0.2) is 0 Å². The minimum atomic E-state index is -0.954. The molecule has 0 saturated carbocycles. The maximum Gasteiger partial charge on any atom is 0.326 e. The summed E-state index contributed by atoms with van der Waals surface area (Å²) in [6.07, 6.45) is 1.85. The van der Waals surface area contributed by atoms with Crippen LogP contribution in [0.3, 0.4) is 0 Å². The fourth-order valence-electron chi connectivity index (χ4n) is 4.31.